The van der Waals surface area contributed by atoms with Crippen LogP contribution in [0, 0.1) is 0 Å². The Bertz CT molecular complexity index is 901. The van der Waals surface area contributed by atoms with Gasteiger partial charge >= 0.3 is 7.05 Å². The first-order valence-corrected chi connectivity index (χ1v) is 10.5. The normalized spacial score (nSPS) is 20.5. The summed E-state index contributed by atoms with van der Waals surface area (Å²) in [5.41, 5.74) is 4.23. The monoisotopic (exact) mass is 465 g/mol. The Kier molecular flexibility index (Phi) is 5.65. The van der Waals surface area contributed by atoms with Crippen LogP contribution >= 0.6 is 39.1 Å². The highest BCUT2D eigenvalue weighted by molar-refractivity contribution is 9.15. The summed E-state index contributed by atoms with van der Waals surface area (Å²) < 4.78 is 0.968. The van der Waals surface area contributed by atoms with Crippen LogP contribution in [0.25, 0.3) is 10.6 Å². The summed E-state index contributed by atoms with van der Waals surface area (Å²) in [5.74, 6) is 0. The van der Waals surface area contributed by atoms with Gasteiger partial charge in [-0.25, -0.2) is 0 Å². The summed E-state index contributed by atoms with van der Waals surface area (Å²) in [6, 6.07) is 7.97. The van der Waals surface area contributed by atoms with Gasteiger partial charge < -0.3 is 9.83 Å². The number of aromatic nitrogens is 1. The summed E-state index contributed by atoms with van der Waals surface area (Å²) in [6.45, 7) is 5.14. The van der Waals surface area contributed by atoms with Gasteiger partial charge in [0.05, 0.1) is 16.8 Å². The number of fused-ring (bicyclic) bond motifs is 2. The molecule has 0 radical (unpaired) electrons. The summed E-state index contributed by atoms with van der Waals surface area (Å²) >= 11 is 16.2. The molecule has 1 aliphatic heterocycles. The lowest BCUT2D eigenvalue weighted by Crippen LogP contribution is -2.52. The van der Waals surface area contributed by atoms with Gasteiger partial charge in [-0.1, -0.05) is 45.2 Å². The van der Waals surface area contributed by atoms with Gasteiger partial charge in [-0.15, -0.1) is 0 Å². The molecule has 1 aromatic carbocycles. The van der Waals surface area contributed by atoms with E-state index >= 15 is 0 Å². The molecule has 1 saturated heterocycles. The molecule has 0 amide bonds. The van der Waals surface area contributed by atoms with Crippen molar-refractivity contribution in [3.63, 3.8) is 0 Å². The fraction of sp³-hybridized carbons (Fsp3) is 0.316. The van der Waals surface area contributed by atoms with Crippen molar-refractivity contribution < 1.29 is 5.02 Å². The Labute approximate surface area is 178 Å². The minimum absolute atomic E-state index is 0.00647. The highest BCUT2D eigenvalue weighted by Crippen LogP contribution is 2.42. The van der Waals surface area contributed by atoms with Crippen molar-refractivity contribution in [3.05, 3.63) is 62.9 Å². The zero-order valence-corrected chi connectivity index (χ0v) is 18.0. The van der Waals surface area contributed by atoms with Crippen LogP contribution in [0.5, 0.6) is 0 Å². The molecule has 2 aromatic rings. The predicted molar refractivity (Wildman–Crippen MR) is 116 cm³/mol. The lowest BCUT2D eigenvalue weighted by molar-refractivity contribution is 0.144. The van der Waals surface area contributed by atoms with Gasteiger partial charge in [0, 0.05) is 47.4 Å². The summed E-state index contributed by atoms with van der Waals surface area (Å²) in [7, 11) is -0.424. The lowest BCUT2D eigenvalue weighted by atomic mass is 9.84. The van der Waals surface area contributed by atoms with Crippen molar-refractivity contribution >= 4 is 56.7 Å². The van der Waals surface area contributed by atoms with E-state index in [1.807, 2.05) is 25.0 Å². The maximum absolute atomic E-state index is 9.88. The highest BCUT2D eigenvalue weighted by Gasteiger charge is 2.33. The van der Waals surface area contributed by atoms with Crippen molar-refractivity contribution in [1.82, 2.24) is 14.7 Å². The smallest absolute Gasteiger partial charge is 0.376 e. The van der Waals surface area contributed by atoms with E-state index in [9.17, 15) is 5.02 Å². The predicted octanol–water partition coefficient (Wildman–Crippen LogP) is 4.41. The molecule has 27 heavy (non-hydrogen) atoms. The van der Waals surface area contributed by atoms with E-state index in [0.717, 1.165) is 47.5 Å². The number of benzene rings is 1. The van der Waals surface area contributed by atoms with Gasteiger partial charge in [0.25, 0.3) is 0 Å². The minimum Gasteiger partial charge on any atom is -0.437 e. The van der Waals surface area contributed by atoms with Gasteiger partial charge in [0.2, 0.25) is 0 Å². The Morgan fingerprint density at radius 1 is 1.15 bits per heavy atom. The third-order valence-corrected chi connectivity index (χ3v) is 6.36. The zero-order valence-electron chi connectivity index (χ0n) is 14.9. The molecule has 2 aliphatic rings. The molecule has 2 heterocycles. The standard InChI is InChI=1S/C19H19BBrCl2N3O/c1-20(27)26-6-4-25(5-7-26)19-15-3-2-13(22)10-16(15)17(21)9-12-8-14(23)11-24-18(12)19/h2-3,8-11,19,27H,4-7H2,1H3/t19-/m1/s1. The first kappa shape index (κ1) is 19.4. The van der Waals surface area contributed by atoms with Crippen LogP contribution in [0.4, 0.5) is 0 Å². The molecule has 1 aromatic heterocycles. The van der Waals surface area contributed by atoms with Crippen molar-refractivity contribution in [2.45, 2.75) is 12.9 Å². The molecular weight excluding hydrogens is 448 g/mol. The first-order chi connectivity index (χ1) is 12.9. The third kappa shape index (κ3) is 3.84. The van der Waals surface area contributed by atoms with E-state index < -0.39 is 7.05 Å². The van der Waals surface area contributed by atoms with Gasteiger partial charge in [-0.3, -0.25) is 9.88 Å². The van der Waals surface area contributed by atoms with Gasteiger partial charge in [0.15, 0.2) is 0 Å². The van der Waals surface area contributed by atoms with Crippen molar-refractivity contribution in [2.75, 3.05) is 26.2 Å². The average Bonchev–Trinajstić information content (AvgIpc) is 2.75. The van der Waals surface area contributed by atoms with Crippen LogP contribution < -0.4 is 0 Å². The lowest BCUT2D eigenvalue weighted by Gasteiger charge is -2.40. The van der Waals surface area contributed by atoms with Crippen LogP contribution in [0.2, 0.25) is 16.9 Å². The topological polar surface area (TPSA) is 39.6 Å². The number of rotatable bonds is 2. The van der Waals surface area contributed by atoms with Crippen molar-refractivity contribution in [3.8, 4) is 0 Å². The molecule has 8 heteroatoms. The van der Waals surface area contributed by atoms with Crippen LogP contribution in [0.3, 0.4) is 0 Å². The summed E-state index contributed by atoms with van der Waals surface area (Å²) in [4.78, 5) is 9.22. The number of piperazine rings is 1. The fourth-order valence-corrected chi connectivity index (χ4v) is 4.81. The number of pyridine rings is 1. The molecule has 1 N–H and O–H groups in total. The number of nitrogens with zero attached hydrogens (tertiary/aromatic N) is 3. The molecule has 1 atom stereocenters. The van der Waals surface area contributed by atoms with Crippen LogP contribution in [-0.2, 0) is 0 Å². The molecule has 4 nitrogen and oxygen atoms in total. The second kappa shape index (κ2) is 7.86. The van der Waals surface area contributed by atoms with E-state index in [1.165, 1.54) is 5.56 Å². The van der Waals surface area contributed by atoms with E-state index in [0.29, 0.717) is 10.0 Å². The quantitative estimate of drug-likeness (QED) is 0.665. The number of hydrogen-bond donors (Lipinski definition) is 1. The number of halogens is 3. The van der Waals surface area contributed by atoms with E-state index in [1.54, 1.807) is 6.20 Å². The largest absolute Gasteiger partial charge is 0.437 e. The van der Waals surface area contributed by atoms with Crippen LogP contribution in [-0.4, -0.2) is 52.9 Å². The van der Waals surface area contributed by atoms with E-state index in [-0.39, 0.29) is 6.04 Å². The molecule has 140 valence electrons. The SMILES string of the molecule is CB(O)N1CCN([C@@H]2c3ccc(Cl)cc3C(Br)=Cc3cc(Cl)cnc32)CC1. The second-order valence-electron chi connectivity index (χ2n) is 6.96. The average molecular weight is 467 g/mol. The Morgan fingerprint density at radius 3 is 2.59 bits per heavy atom. The number of hydrogen-bond acceptors (Lipinski definition) is 4. The second-order valence-corrected chi connectivity index (χ2v) is 8.69. The molecule has 1 fully saturated rings. The fourth-order valence-electron chi connectivity index (χ4n) is 3.88. The Balaban J connectivity index is 1.81. The zero-order chi connectivity index (χ0) is 19.1. The van der Waals surface area contributed by atoms with E-state index in [4.69, 9.17) is 28.2 Å². The molecule has 0 bridgehead atoms. The molecule has 0 saturated carbocycles. The van der Waals surface area contributed by atoms with Gasteiger partial charge in [0.1, 0.15) is 0 Å². The maximum Gasteiger partial charge on any atom is 0.376 e. The van der Waals surface area contributed by atoms with Crippen molar-refractivity contribution in [1.29, 1.82) is 0 Å². The molecule has 0 unspecified atom stereocenters. The van der Waals surface area contributed by atoms with Gasteiger partial charge in [-0.05, 0) is 42.2 Å². The minimum atomic E-state index is -0.424. The summed E-state index contributed by atoms with van der Waals surface area (Å²) in [6.07, 6.45) is 3.78. The molecule has 0 spiro atoms. The molecular formula is C19H19BBrCl2N3O. The molecule has 1 aliphatic carbocycles. The van der Waals surface area contributed by atoms with E-state index in [2.05, 4.69) is 37.8 Å². The third-order valence-electron chi connectivity index (χ3n) is 5.27. The van der Waals surface area contributed by atoms with Gasteiger partial charge in [-0.2, -0.15) is 0 Å². The van der Waals surface area contributed by atoms with Crippen LogP contribution in [0.1, 0.15) is 28.4 Å². The Hall–Kier alpha value is -0.885. The maximum atomic E-state index is 9.88. The highest BCUT2D eigenvalue weighted by atomic mass is 79.9. The van der Waals surface area contributed by atoms with Crippen LogP contribution in [0.15, 0.2) is 30.5 Å². The first-order valence-electron chi connectivity index (χ1n) is 8.92. The Morgan fingerprint density at radius 2 is 1.89 bits per heavy atom. The summed E-state index contributed by atoms with van der Waals surface area (Å²) in [5, 5.41) is 11.2. The molecule has 4 rings (SSSR count). The van der Waals surface area contributed by atoms with Crippen molar-refractivity contribution in [2.24, 2.45) is 0 Å².